The Balaban J connectivity index is 1.15. The van der Waals surface area contributed by atoms with Crippen molar-refractivity contribution in [2.45, 2.75) is 0 Å². The standard InChI is InChI=1S/C38H23F2N5O4/c39-24-16-28(20-30(18-24)48-36-6-1-3-12-41-36)46-26-8-10-32-33-11-9-27(23-35(33)45(34(32)22-26)38-43-14-5-15-44-38)47-29-17-25(40)19-31(21-29)49-37-7-2-4-13-42-37/h1-23H. The second-order valence-electron chi connectivity index (χ2n) is 10.7. The first-order valence-electron chi connectivity index (χ1n) is 15.0. The van der Waals surface area contributed by atoms with E-state index in [0.29, 0.717) is 29.2 Å². The van der Waals surface area contributed by atoms with Crippen LogP contribution in [0.5, 0.6) is 46.3 Å². The number of hydrogen-bond donors (Lipinski definition) is 0. The predicted octanol–water partition coefficient (Wildman–Crippen LogP) is 9.81. The third-order valence-corrected chi connectivity index (χ3v) is 7.34. The number of rotatable bonds is 9. The Morgan fingerprint density at radius 3 is 1.31 bits per heavy atom. The summed E-state index contributed by atoms with van der Waals surface area (Å²) in [7, 11) is 0. The number of ether oxygens (including phenoxy) is 4. The summed E-state index contributed by atoms with van der Waals surface area (Å²) in [5.41, 5.74) is 1.46. The van der Waals surface area contributed by atoms with Crippen molar-refractivity contribution in [3.8, 4) is 52.2 Å². The molecule has 9 nitrogen and oxygen atoms in total. The van der Waals surface area contributed by atoms with Crippen LogP contribution in [0.1, 0.15) is 0 Å². The van der Waals surface area contributed by atoms with Gasteiger partial charge in [0.2, 0.25) is 17.7 Å². The lowest BCUT2D eigenvalue weighted by atomic mass is 10.1. The summed E-state index contributed by atoms with van der Waals surface area (Å²) < 4.78 is 54.8. The van der Waals surface area contributed by atoms with E-state index in [2.05, 4.69) is 19.9 Å². The first kappa shape index (κ1) is 29.5. The van der Waals surface area contributed by atoms with Crippen LogP contribution in [-0.4, -0.2) is 24.5 Å². The molecule has 0 unspecified atom stereocenters. The highest BCUT2D eigenvalue weighted by Gasteiger charge is 2.17. The molecule has 0 bridgehead atoms. The molecule has 0 radical (unpaired) electrons. The largest absolute Gasteiger partial charge is 0.457 e. The summed E-state index contributed by atoms with van der Waals surface area (Å²) in [4.78, 5) is 17.3. The lowest BCUT2D eigenvalue weighted by molar-refractivity contribution is 0.440. The van der Waals surface area contributed by atoms with E-state index in [4.69, 9.17) is 18.9 Å². The molecule has 0 spiro atoms. The van der Waals surface area contributed by atoms with Gasteiger partial charge in [-0.2, -0.15) is 0 Å². The Hall–Kier alpha value is -6.88. The lowest BCUT2D eigenvalue weighted by Crippen LogP contribution is -2.00. The molecule has 0 aliphatic carbocycles. The van der Waals surface area contributed by atoms with Crippen LogP contribution in [-0.2, 0) is 0 Å². The molecule has 0 saturated heterocycles. The number of benzene rings is 4. The fourth-order valence-corrected chi connectivity index (χ4v) is 5.37. The van der Waals surface area contributed by atoms with Crippen molar-refractivity contribution in [2.24, 2.45) is 0 Å². The molecule has 0 fully saturated rings. The van der Waals surface area contributed by atoms with Gasteiger partial charge in [-0.15, -0.1) is 0 Å². The highest BCUT2D eigenvalue weighted by Crippen LogP contribution is 2.38. The third-order valence-electron chi connectivity index (χ3n) is 7.34. The van der Waals surface area contributed by atoms with Crippen LogP contribution >= 0.6 is 0 Å². The minimum atomic E-state index is -0.530. The van der Waals surface area contributed by atoms with E-state index in [-0.39, 0.29) is 23.0 Å². The normalized spacial score (nSPS) is 11.1. The van der Waals surface area contributed by atoms with Gasteiger partial charge in [0.05, 0.1) is 11.0 Å². The molecule has 4 aromatic heterocycles. The molecule has 8 aromatic rings. The van der Waals surface area contributed by atoms with Gasteiger partial charge < -0.3 is 18.9 Å². The minimum absolute atomic E-state index is 0.237. The zero-order valence-corrected chi connectivity index (χ0v) is 25.4. The molecule has 0 aliphatic rings. The number of aromatic nitrogens is 5. The Kier molecular flexibility index (Phi) is 7.67. The first-order chi connectivity index (χ1) is 24.0. The Bertz CT molecular complexity index is 2280. The van der Waals surface area contributed by atoms with E-state index < -0.39 is 11.6 Å². The molecule has 0 atom stereocenters. The average molecular weight is 652 g/mol. The molecule has 8 rings (SSSR count). The van der Waals surface area contributed by atoms with Crippen LogP contribution in [0.15, 0.2) is 140 Å². The van der Waals surface area contributed by atoms with Crippen molar-refractivity contribution in [1.82, 2.24) is 24.5 Å². The maximum Gasteiger partial charge on any atom is 0.234 e. The van der Waals surface area contributed by atoms with E-state index in [9.17, 15) is 8.78 Å². The lowest BCUT2D eigenvalue weighted by Gasteiger charge is -2.11. The average Bonchev–Trinajstić information content (AvgIpc) is 3.42. The van der Waals surface area contributed by atoms with Crippen LogP contribution in [0, 0.1) is 11.6 Å². The molecule has 238 valence electrons. The van der Waals surface area contributed by atoms with Gasteiger partial charge in [-0.05, 0) is 42.5 Å². The van der Waals surface area contributed by atoms with E-state index in [1.807, 2.05) is 28.8 Å². The van der Waals surface area contributed by atoms with E-state index in [1.165, 1.54) is 24.3 Å². The van der Waals surface area contributed by atoms with Crippen LogP contribution in [0.3, 0.4) is 0 Å². The van der Waals surface area contributed by atoms with E-state index in [1.54, 1.807) is 91.5 Å². The van der Waals surface area contributed by atoms with Gasteiger partial charge in [-0.3, -0.25) is 4.57 Å². The SMILES string of the molecule is Fc1cc(Oc2ccc3c4ccc(Oc5cc(F)cc(Oc6ccccn6)c5)cc4n(-c4ncccn4)c3c2)cc(Oc2ccccn2)c1. The smallest absolute Gasteiger partial charge is 0.234 e. The quantitative estimate of drug-likeness (QED) is 0.152. The fourth-order valence-electron chi connectivity index (χ4n) is 5.37. The molecule has 4 heterocycles. The van der Waals surface area contributed by atoms with Crippen molar-refractivity contribution >= 4 is 21.8 Å². The van der Waals surface area contributed by atoms with Crippen molar-refractivity contribution in [2.75, 3.05) is 0 Å². The van der Waals surface area contributed by atoms with Gasteiger partial charge in [0, 0.05) is 96.2 Å². The molecule has 4 aromatic carbocycles. The summed E-state index contributed by atoms with van der Waals surface area (Å²) in [6.07, 6.45) is 6.46. The zero-order valence-electron chi connectivity index (χ0n) is 25.4. The maximum absolute atomic E-state index is 14.6. The minimum Gasteiger partial charge on any atom is -0.457 e. The molecule has 11 heteroatoms. The van der Waals surface area contributed by atoms with Crippen molar-refractivity contribution in [3.63, 3.8) is 0 Å². The summed E-state index contributed by atoms with van der Waals surface area (Å²) in [5.74, 6) is 1.84. The first-order valence-corrected chi connectivity index (χ1v) is 15.0. The molecular formula is C38H23F2N5O4. The number of hydrogen-bond acceptors (Lipinski definition) is 8. The van der Waals surface area contributed by atoms with Gasteiger partial charge in [0.15, 0.2) is 0 Å². The molecule has 49 heavy (non-hydrogen) atoms. The monoisotopic (exact) mass is 651 g/mol. The van der Waals surface area contributed by atoms with Crippen molar-refractivity contribution in [1.29, 1.82) is 0 Å². The second-order valence-corrected chi connectivity index (χ2v) is 10.7. The van der Waals surface area contributed by atoms with Crippen LogP contribution < -0.4 is 18.9 Å². The zero-order chi connectivity index (χ0) is 33.2. The van der Waals surface area contributed by atoms with Gasteiger partial charge in [0.25, 0.3) is 0 Å². The molecule has 0 saturated carbocycles. The highest BCUT2D eigenvalue weighted by molar-refractivity contribution is 6.09. The number of halogens is 2. The van der Waals surface area contributed by atoms with Crippen LogP contribution in [0.4, 0.5) is 8.78 Å². The molecule has 0 amide bonds. The molecule has 0 aliphatic heterocycles. The van der Waals surface area contributed by atoms with Gasteiger partial charge in [-0.25, -0.2) is 28.7 Å². The summed E-state index contributed by atoms with van der Waals surface area (Å²) >= 11 is 0. The summed E-state index contributed by atoms with van der Waals surface area (Å²) in [6, 6.07) is 31.4. The van der Waals surface area contributed by atoms with Crippen LogP contribution in [0.2, 0.25) is 0 Å². The highest BCUT2D eigenvalue weighted by atomic mass is 19.1. The number of pyridine rings is 2. The second kappa shape index (κ2) is 12.7. The van der Waals surface area contributed by atoms with E-state index >= 15 is 0 Å². The fraction of sp³-hybridized carbons (Fsp3) is 0. The Morgan fingerprint density at radius 1 is 0.408 bits per heavy atom. The summed E-state index contributed by atoms with van der Waals surface area (Å²) in [6.45, 7) is 0. The van der Waals surface area contributed by atoms with Gasteiger partial charge in [0.1, 0.15) is 46.1 Å². The van der Waals surface area contributed by atoms with Crippen molar-refractivity contribution in [3.05, 3.63) is 152 Å². The number of fused-ring (bicyclic) bond motifs is 3. The Labute approximate surface area is 277 Å². The van der Waals surface area contributed by atoms with Crippen molar-refractivity contribution < 1.29 is 27.7 Å². The molecule has 0 N–H and O–H groups in total. The third kappa shape index (κ3) is 6.41. The summed E-state index contributed by atoms with van der Waals surface area (Å²) in [5, 5.41) is 1.77. The maximum atomic E-state index is 14.6. The topological polar surface area (TPSA) is 93.4 Å². The number of nitrogens with zero attached hydrogens (tertiary/aromatic N) is 5. The predicted molar refractivity (Wildman–Crippen MR) is 178 cm³/mol. The van der Waals surface area contributed by atoms with Crippen LogP contribution in [0.25, 0.3) is 27.8 Å². The van der Waals surface area contributed by atoms with Gasteiger partial charge >= 0.3 is 0 Å². The van der Waals surface area contributed by atoms with Gasteiger partial charge in [-0.1, -0.05) is 12.1 Å². The van der Waals surface area contributed by atoms with E-state index in [0.717, 1.165) is 21.8 Å². The molecular weight excluding hydrogens is 628 g/mol. The Morgan fingerprint density at radius 2 is 0.857 bits per heavy atom.